The Balaban J connectivity index is 1.90. The topological polar surface area (TPSA) is 95.9 Å². The normalized spacial score (nSPS) is 28.0. The van der Waals surface area contributed by atoms with E-state index in [9.17, 15) is 14.4 Å². The number of carboxylic acids is 1. The van der Waals surface area contributed by atoms with Gasteiger partial charge in [0.25, 0.3) is 5.24 Å². The number of amides is 2. The summed E-state index contributed by atoms with van der Waals surface area (Å²) < 4.78 is 5.29. The summed E-state index contributed by atoms with van der Waals surface area (Å²) in [5, 5.41) is 11.1. The molecule has 0 aromatic carbocycles. The predicted molar refractivity (Wildman–Crippen MR) is 63.4 cm³/mol. The van der Waals surface area contributed by atoms with Crippen molar-refractivity contribution in [2.45, 2.75) is 18.6 Å². The number of aliphatic carboxylic acids is 1. The number of carbonyl (C=O) groups excluding carboxylic acids is 2. The van der Waals surface area contributed by atoms with E-state index in [4.69, 9.17) is 9.84 Å². The average molecular weight is 274 g/mol. The van der Waals surface area contributed by atoms with E-state index in [0.29, 0.717) is 18.9 Å². The molecule has 0 bridgehead atoms. The number of carbonyl (C=O) groups is 3. The third-order valence-corrected chi connectivity index (χ3v) is 3.70. The first kappa shape index (κ1) is 13.2. The molecule has 18 heavy (non-hydrogen) atoms. The molecule has 0 radical (unpaired) electrons. The average Bonchev–Trinajstić information content (AvgIpc) is 2.74. The number of rotatable bonds is 3. The molecule has 2 aliphatic rings. The van der Waals surface area contributed by atoms with E-state index in [1.807, 2.05) is 0 Å². The summed E-state index contributed by atoms with van der Waals surface area (Å²) in [4.78, 5) is 35.3. The van der Waals surface area contributed by atoms with Crippen LogP contribution in [0.15, 0.2) is 0 Å². The Hall–Kier alpha value is -1.28. The van der Waals surface area contributed by atoms with Gasteiger partial charge in [-0.25, -0.2) is 0 Å². The highest BCUT2D eigenvalue weighted by Crippen LogP contribution is 2.17. The summed E-state index contributed by atoms with van der Waals surface area (Å²) in [5.41, 5.74) is 0. The van der Waals surface area contributed by atoms with E-state index in [1.54, 1.807) is 4.90 Å². The van der Waals surface area contributed by atoms with Crippen LogP contribution >= 0.6 is 11.8 Å². The lowest BCUT2D eigenvalue weighted by molar-refractivity contribution is -0.148. The van der Waals surface area contributed by atoms with Gasteiger partial charge in [0.15, 0.2) is 0 Å². The largest absolute Gasteiger partial charge is 0.481 e. The molecule has 2 heterocycles. The molecular weight excluding hydrogens is 260 g/mol. The van der Waals surface area contributed by atoms with E-state index in [1.165, 1.54) is 0 Å². The second-order valence-electron chi connectivity index (χ2n) is 4.17. The summed E-state index contributed by atoms with van der Waals surface area (Å²) in [6, 6.07) is -0.494. The van der Waals surface area contributed by atoms with Crippen LogP contribution in [-0.4, -0.2) is 64.7 Å². The number of carboxylic acid groups (broad SMARTS) is 1. The molecule has 0 aliphatic carbocycles. The van der Waals surface area contributed by atoms with Gasteiger partial charge < -0.3 is 20.1 Å². The number of morpholine rings is 1. The van der Waals surface area contributed by atoms with Crippen molar-refractivity contribution in [2.75, 3.05) is 25.4 Å². The molecule has 0 saturated carbocycles. The minimum atomic E-state index is -0.945. The van der Waals surface area contributed by atoms with Gasteiger partial charge in [0.1, 0.15) is 6.04 Å². The zero-order valence-electron chi connectivity index (χ0n) is 9.63. The van der Waals surface area contributed by atoms with Gasteiger partial charge >= 0.3 is 5.97 Å². The number of hydrogen-bond acceptors (Lipinski definition) is 5. The highest BCUT2D eigenvalue weighted by atomic mass is 32.2. The molecule has 2 saturated heterocycles. The lowest BCUT2D eigenvalue weighted by atomic mass is 10.2. The van der Waals surface area contributed by atoms with E-state index in [2.05, 4.69) is 5.32 Å². The van der Waals surface area contributed by atoms with Crippen molar-refractivity contribution >= 4 is 28.9 Å². The van der Waals surface area contributed by atoms with Gasteiger partial charge in [0, 0.05) is 18.8 Å². The smallest absolute Gasteiger partial charge is 0.306 e. The molecule has 100 valence electrons. The SMILES string of the molecule is O=C(O)CC1CN(C(=O)C2CSC(=O)N2)CCO1. The molecule has 0 aromatic heterocycles. The first-order valence-electron chi connectivity index (χ1n) is 5.61. The van der Waals surface area contributed by atoms with Gasteiger partial charge in [-0.1, -0.05) is 11.8 Å². The Morgan fingerprint density at radius 1 is 1.56 bits per heavy atom. The Bertz CT molecular complexity index is 375. The second-order valence-corrected chi connectivity index (χ2v) is 5.16. The van der Waals surface area contributed by atoms with Crippen molar-refractivity contribution in [1.82, 2.24) is 10.2 Å². The van der Waals surface area contributed by atoms with Crippen LogP contribution in [0.3, 0.4) is 0 Å². The van der Waals surface area contributed by atoms with Gasteiger partial charge in [-0.15, -0.1) is 0 Å². The minimum Gasteiger partial charge on any atom is -0.481 e. The van der Waals surface area contributed by atoms with Crippen molar-refractivity contribution < 1.29 is 24.2 Å². The fraction of sp³-hybridized carbons (Fsp3) is 0.700. The predicted octanol–water partition coefficient (Wildman–Crippen LogP) is -0.487. The van der Waals surface area contributed by atoms with Crippen LogP contribution in [0.1, 0.15) is 6.42 Å². The zero-order chi connectivity index (χ0) is 13.1. The van der Waals surface area contributed by atoms with Crippen LogP contribution in [0.25, 0.3) is 0 Å². The molecule has 2 N–H and O–H groups in total. The molecule has 0 spiro atoms. The van der Waals surface area contributed by atoms with Gasteiger partial charge in [-0.05, 0) is 0 Å². The second kappa shape index (κ2) is 5.57. The molecule has 2 amide bonds. The molecule has 2 atom stereocenters. The summed E-state index contributed by atoms with van der Waals surface area (Å²) in [6.45, 7) is 1.03. The van der Waals surface area contributed by atoms with Crippen LogP contribution < -0.4 is 5.32 Å². The third kappa shape index (κ3) is 3.14. The molecule has 2 rings (SSSR count). The fourth-order valence-electron chi connectivity index (χ4n) is 1.98. The van der Waals surface area contributed by atoms with Crippen molar-refractivity contribution in [3.05, 3.63) is 0 Å². The van der Waals surface area contributed by atoms with Crippen molar-refractivity contribution in [3.8, 4) is 0 Å². The minimum absolute atomic E-state index is 0.116. The zero-order valence-corrected chi connectivity index (χ0v) is 10.4. The van der Waals surface area contributed by atoms with Crippen LogP contribution in [0.2, 0.25) is 0 Å². The fourth-order valence-corrected chi connectivity index (χ4v) is 2.75. The van der Waals surface area contributed by atoms with Crippen LogP contribution in [0, 0.1) is 0 Å². The highest BCUT2D eigenvalue weighted by molar-refractivity contribution is 8.14. The van der Waals surface area contributed by atoms with Crippen molar-refractivity contribution in [2.24, 2.45) is 0 Å². The number of thioether (sulfide) groups is 1. The maximum Gasteiger partial charge on any atom is 0.306 e. The van der Waals surface area contributed by atoms with Gasteiger partial charge in [-0.2, -0.15) is 0 Å². The van der Waals surface area contributed by atoms with E-state index in [-0.39, 0.29) is 24.1 Å². The van der Waals surface area contributed by atoms with E-state index >= 15 is 0 Å². The summed E-state index contributed by atoms with van der Waals surface area (Å²) >= 11 is 1.09. The quantitative estimate of drug-likeness (QED) is 0.721. The van der Waals surface area contributed by atoms with Crippen LogP contribution in [-0.2, 0) is 14.3 Å². The van der Waals surface area contributed by atoms with E-state index in [0.717, 1.165) is 11.8 Å². The lowest BCUT2D eigenvalue weighted by Crippen LogP contribution is -2.52. The monoisotopic (exact) mass is 274 g/mol. The molecule has 8 heteroatoms. The Morgan fingerprint density at radius 3 is 2.94 bits per heavy atom. The van der Waals surface area contributed by atoms with Crippen molar-refractivity contribution in [1.29, 1.82) is 0 Å². The maximum absolute atomic E-state index is 12.1. The third-order valence-electron chi connectivity index (χ3n) is 2.82. The van der Waals surface area contributed by atoms with Crippen LogP contribution in [0.5, 0.6) is 0 Å². The molecule has 0 aromatic rings. The van der Waals surface area contributed by atoms with Gasteiger partial charge in [0.2, 0.25) is 5.91 Å². The number of nitrogens with zero attached hydrogens (tertiary/aromatic N) is 1. The molecule has 2 unspecified atom stereocenters. The maximum atomic E-state index is 12.1. The Morgan fingerprint density at radius 2 is 2.33 bits per heavy atom. The van der Waals surface area contributed by atoms with Crippen molar-refractivity contribution in [3.63, 3.8) is 0 Å². The van der Waals surface area contributed by atoms with Gasteiger partial charge in [-0.3, -0.25) is 14.4 Å². The number of hydrogen-bond donors (Lipinski definition) is 2. The van der Waals surface area contributed by atoms with Gasteiger partial charge in [0.05, 0.1) is 19.1 Å². The Kier molecular flexibility index (Phi) is 4.07. The summed E-state index contributed by atoms with van der Waals surface area (Å²) in [5.74, 6) is -0.676. The molecule has 2 fully saturated rings. The summed E-state index contributed by atoms with van der Waals surface area (Å²) in [7, 11) is 0. The standard InChI is InChI=1S/C10H14N2O5S/c13-8(14)3-6-4-12(1-2-17-6)9(15)7-5-18-10(16)11-7/h6-7H,1-5H2,(H,11,16)(H,13,14). The number of ether oxygens (including phenoxy) is 1. The molecular formula is C10H14N2O5S. The molecule has 2 aliphatic heterocycles. The van der Waals surface area contributed by atoms with Crippen LogP contribution in [0.4, 0.5) is 4.79 Å². The first-order chi connectivity index (χ1) is 8.56. The first-order valence-corrected chi connectivity index (χ1v) is 6.60. The number of nitrogens with one attached hydrogen (secondary N) is 1. The lowest BCUT2D eigenvalue weighted by Gasteiger charge is -2.33. The summed E-state index contributed by atoms with van der Waals surface area (Å²) in [6.07, 6.45) is -0.583. The van der Waals surface area contributed by atoms with E-state index < -0.39 is 18.1 Å². The Labute approximate surface area is 108 Å². The molecule has 7 nitrogen and oxygen atoms in total. The highest BCUT2D eigenvalue weighted by Gasteiger charge is 2.34.